The molecule has 0 fully saturated rings. The van der Waals surface area contributed by atoms with E-state index in [1.54, 1.807) is 0 Å². The zero-order valence-corrected chi connectivity index (χ0v) is 24.0. The van der Waals surface area contributed by atoms with Crippen LogP contribution in [0.5, 0.6) is 0 Å². The zero-order chi connectivity index (χ0) is 27.0. The van der Waals surface area contributed by atoms with Crippen molar-refractivity contribution in [3.63, 3.8) is 0 Å². The van der Waals surface area contributed by atoms with E-state index in [4.69, 9.17) is 6.03 Å². The molecule has 0 atom stereocenters. The van der Waals surface area contributed by atoms with Crippen LogP contribution >= 0.6 is 0 Å². The van der Waals surface area contributed by atoms with Crippen LogP contribution in [0.2, 0.25) is 0 Å². The van der Waals surface area contributed by atoms with Gasteiger partial charge in [-0.3, -0.25) is 0 Å². The average molecular weight is 623 g/mol. The summed E-state index contributed by atoms with van der Waals surface area (Å²) in [7, 11) is 0. The van der Waals surface area contributed by atoms with E-state index in [0.717, 1.165) is 11.1 Å². The first-order valence-corrected chi connectivity index (χ1v) is 18.7. The van der Waals surface area contributed by atoms with Crippen LogP contribution in [0.4, 0.5) is 0 Å². The molecule has 0 saturated heterocycles. The molecule has 5 aromatic rings. The summed E-state index contributed by atoms with van der Waals surface area (Å²) in [5, 5.41) is 0. The summed E-state index contributed by atoms with van der Waals surface area (Å²) in [5.74, 6) is -0.904. The molecule has 0 saturated carbocycles. The van der Waals surface area contributed by atoms with E-state index in [1.165, 1.54) is 0 Å². The molecule has 0 aromatic heterocycles. The Morgan fingerprint density at radius 2 is 0.667 bits per heavy atom. The summed E-state index contributed by atoms with van der Waals surface area (Å²) in [6.07, 6.45) is 0.0940. The molecule has 0 aliphatic heterocycles. The second kappa shape index (κ2) is 11.7. The summed E-state index contributed by atoms with van der Waals surface area (Å²) in [6, 6.07) is 47.4. The third-order valence-corrected chi connectivity index (χ3v) is 20.3. The van der Waals surface area contributed by atoms with Gasteiger partial charge >= 0.3 is 232 Å². The Kier molecular flexibility index (Phi) is 7.95. The Hall–Kier alpha value is -4.14. The first-order valence-electron chi connectivity index (χ1n) is 12.8. The number of rotatable bonds is 9. The summed E-state index contributed by atoms with van der Waals surface area (Å²) in [5.41, 5.74) is 1.64. The molecular weight excluding hydrogens is 594 g/mol. The summed E-state index contributed by atoms with van der Waals surface area (Å²) >= 11 is -5.83. The third kappa shape index (κ3) is 5.39. The molecule has 5 rings (SSSR count). The zero-order valence-electron chi connectivity index (χ0n) is 21.4. The fourth-order valence-electron chi connectivity index (χ4n) is 4.86. The van der Waals surface area contributed by atoms with Crippen molar-refractivity contribution in [2.24, 2.45) is 0 Å². The van der Waals surface area contributed by atoms with Crippen LogP contribution in [0.1, 0.15) is 11.1 Å². The summed E-state index contributed by atoms with van der Waals surface area (Å²) < 4.78 is 15.7. The van der Waals surface area contributed by atoms with Gasteiger partial charge in [-0.25, -0.2) is 0 Å². The molecule has 4 nitrogen and oxygen atoms in total. The van der Waals surface area contributed by atoms with Gasteiger partial charge in [-0.1, -0.05) is 0 Å². The Morgan fingerprint density at radius 3 is 0.949 bits per heavy atom. The van der Waals surface area contributed by atoms with E-state index in [-0.39, 0.29) is 12.8 Å². The minimum absolute atomic E-state index is 0.0470. The number of carbonyl (C=O) groups excluding carboxylic acids is 2. The molecular formula is C34H29O4Sb. The van der Waals surface area contributed by atoms with Gasteiger partial charge in [-0.15, -0.1) is 0 Å². The van der Waals surface area contributed by atoms with Crippen LogP contribution in [0.3, 0.4) is 0 Å². The molecule has 0 aliphatic rings. The van der Waals surface area contributed by atoms with Gasteiger partial charge in [-0.05, 0) is 0 Å². The fourth-order valence-corrected chi connectivity index (χ4v) is 18.0. The molecule has 194 valence electrons. The average Bonchev–Trinajstić information content (AvgIpc) is 2.99. The van der Waals surface area contributed by atoms with Crippen molar-refractivity contribution in [2.75, 3.05) is 0 Å². The van der Waals surface area contributed by atoms with Gasteiger partial charge in [0.2, 0.25) is 0 Å². The molecule has 0 aliphatic carbocycles. The SMILES string of the molecule is O=C(Cc1ccccc1)[O][Sb]([O]C(=O)Cc1ccccc1)([c]1ccccc1)([c]1ccccc1)[c]1ccccc1. The first kappa shape index (κ1) is 26.5. The molecule has 0 unspecified atom stereocenters. The van der Waals surface area contributed by atoms with E-state index >= 15 is 0 Å². The Bertz CT molecular complexity index is 1360. The third-order valence-electron chi connectivity index (χ3n) is 6.61. The van der Waals surface area contributed by atoms with Crippen LogP contribution in [0.15, 0.2) is 152 Å². The Morgan fingerprint density at radius 1 is 0.410 bits per heavy atom. The van der Waals surface area contributed by atoms with Crippen LogP contribution in [-0.2, 0) is 28.5 Å². The van der Waals surface area contributed by atoms with Crippen molar-refractivity contribution in [2.45, 2.75) is 12.8 Å². The maximum atomic E-state index is 13.9. The van der Waals surface area contributed by atoms with Gasteiger partial charge in [0.15, 0.2) is 0 Å². The molecule has 5 aromatic carbocycles. The number of carbonyl (C=O) groups is 2. The van der Waals surface area contributed by atoms with Crippen molar-refractivity contribution in [3.8, 4) is 0 Å². The van der Waals surface area contributed by atoms with Gasteiger partial charge in [-0.2, -0.15) is 0 Å². The van der Waals surface area contributed by atoms with Gasteiger partial charge in [0, 0.05) is 0 Å². The molecule has 0 radical (unpaired) electrons. The van der Waals surface area contributed by atoms with Gasteiger partial charge in [0.05, 0.1) is 0 Å². The monoisotopic (exact) mass is 622 g/mol. The van der Waals surface area contributed by atoms with Crippen LogP contribution < -0.4 is 10.5 Å². The van der Waals surface area contributed by atoms with E-state index in [1.807, 2.05) is 152 Å². The minimum atomic E-state index is -5.83. The molecule has 39 heavy (non-hydrogen) atoms. The maximum absolute atomic E-state index is 13.9. The molecule has 0 bridgehead atoms. The molecule has 0 amide bonds. The molecule has 0 heterocycles. The van der Waals surface area contributed by atoms with E-state index in [0.29, 0.717) is 10.5 Å². The molecule has 0 N–H and O–H groups in total. The van der Waals surface area contributed by atoms with Crippen molar-refractivity contribution >= 4 is 40.7 Å². The van der Waals surface area contributed by atoms with Crippen molar-refractivity contribution in [1.82, 2.24) is 0 Å². The Balaban J connectivity index is 1.76. The van der Waals surface area contributed by atoms with Crippen molar-refractivity contribution in [3.05, 3.63) is 163 Å². The van der Waals surface area contributed by atoms with Crippen LogP contribution in [0.25, 0.3) is 0 Å². The predicted octanol–water partition coefficient (Wildman–Crippen LogP) is 4.68. The second-order valence-electron chi connectivity index (χ2n) is 9.22. The number of hydrogen-bond acceptors (Lipinski definition) is 4. The normalized spacial score (nSPS) is 12.1. The number of hydrogen-bond donors (Lipinski definition) is 0. The molecule has 5 heteroatoms. The summed E-state index contributed by atoms with van der Waals surface area (Å²) in [6.45, 7) is 0. The topological polar surface area (TPSA) is 52.6 Å². The van der Waals surface area contributed by atoms with E-state index in [9.17, 15) is 9.59 Å². The van der Waals surface area contributed by atoms with Gasteiger partial charge in [0.1, 0.15) is 0 Å². The quantitative estimate of drug-likeness (QED) is 0.224. The van der Waals surface area contributed by atoms with E-state index in [2.05, 4.69) is 0 Å². The summed E-state index contributed by atoms with van der Waals surface area (Å²) in [4.78, 5) is 27.9. The van der Waals surface area contributed by atoms with Gasteiger partial charge < -0.3 is 0 Å². The second-order valence-corrected chi connectivity index (χ2v) is 20.1. The molecule has 0 spiro atoms. The fraction of sp³-hybridized carbons (Fsp3) is 0.0588. The van der Waals surface area contributed by atoms with Crippen molar-refractivity contribution in [1.29, 1.82) is 0 Å². The van der Waals surface area contributed by atoms with E-state index < -0.39 is 30.2 Å². The van der Waals surface area contributed by atoms with Crippen LogP contribution in [-0.4, -0.2) is 30.2 Å². The Labute approximate surface area is 231 Å². The van der Waals surface area contributed by atoms with Gasteiger partial charge in [0.25, 0.3) is 0 Å². The standard InChI is InChI=1S/2C8H8O2.3C6H5.Sb/c2*9-8(10)6-7-4-2-1-3-5-7;3*1-2-4-6-5-3-1;/h2*1-5H,6H2,(H,9,10);3*1-5H;/q;;;;;+2/p-2. The number of benzene rings is 5. The van der Waals surface area contributed by atoms with Crippen molar-refractivity contribution < 1.29 is 15.6 Å². The first-order chi connectivity index (χ1) is 19.1. The predicted molar refractivity (Wildman–Crippen MR) is 156 cm³/mol. The van der Waals surface area contributed by atoms with Crippen LogP contribution in [0, 0.1) is 0 Å².